The number of carbonyl (C=O) groups excluding carboxylic acids is 1. The SMILES string of the molecule is O=C(NCCC1=CCCCC1)c1ccnc(Nc2ccc3c(c2)OCCO3)n1. The summed E-state index contributed by atoms with van der Waals surface area (Å²) >= 11 is 0. The van der Waals surface area contributed by atoms with Gasteiger partial charge < -0.3 is 20.1 Å². The minimum Gasteiger partial charge on any atom is -0.486 e. The highest BCUT2D eigenvalue weighted by atomic mass is 16.6. The smallest absolute Gasteiger partial charge is 0.270 e. The topological polar surface area (TPSA) is 85.4 Å². The third kappa shape index (κ3) is 4.60. The number of anilines is 2. The highest BCUT2D eigenvalue weighted by Crippen LogP contribution is 2.33. The van der Waals surface area contributed by atoms with Gasteiger partial charge in [-0.25, -0.2) is 9.97 Å². The predicted octanol–water partition coefficient (Wildman–Crippen LogP) is 3.61. The molecule has 1 aliphatic heterocycles. The van der Waals surface area contributed by atoms with Crippen LogP contribution in [0.25, 0.3) is 0 Å². The van der Waals surface area contributed by atoms with Crippen LogP contribution in [0.4, 0.5) is 11.6 Å². The first-order chi connectivity index (χ1) is 13.8. The number of carbonyl (C=O) groups is 1. The zero-order valence-corrected chi connectivity index (χ0v) is 15.7. The quantitative estimate of drug-likeness (QED) is 0.745. The maximum absolute atomic E-state index is 12.4. The molecule has 2 aromatic rings. The van der Waals surface area contributed by atoms with Crippen molar-refractivity contribution in [1.29, 1.82) is 0 Å². The Morgan fingerprint density at radius 3 is 2.86 bits per heavy atom. The number of hydrogen-bond acceptors (Lipinski definition) is 6. The maximum Gasteiger partial charge on any atom is 0.270 e. The summed E-state index contributed by atoms with van der Waals surface area (Å²) in [5, 5.41) is 6.05. The molecule has 2 heterocycles. The number of nitrogens with zero attached hydrogens (tertiary/aromatic N) is 2. The number of rotatable bonds is 6. The summed E-state index contributed by atoms with van der Waals surface area (Å²) in [6, 6.07) is 7.15. The Hall–Kier alpha value is -3.09. The molecule has 0 unspecified atom stereocenters. The second-order valence-electron chi connectivity index (χ2n) is 6.86. The minimum absolute atomic E-state index is 0.191. The molecule has 0 saturated heterocycles. The Bertz CT molecular complexity index is 882. The fourth-order valence-corrected chi connectivity index (χ4v) is 3.35. The second kappa shape index (κ2) is 8.73. The zero-order valence-electron chi connectivity index (χ0n) is 15.7. The Balaban J connectivity index is 1.35. The summed E-state index contributed by atoms with van der Waals surface area (Å²) in [6.45, 7) is 1.70. The standard InChI is InChI=1S/C21H24N4O3/c26-20(22-10-8-15-4-2-1-3-5-15)17-9-11-23-21(25-17)24-16-6-7-18-19(14-16)28-13-12-27-18/h4,6-7,9,11,14H,1-3,5,8,10,12-13H2,(H,22,26)(H,23,24,25). The first-order valence-electron chi connectivity index (χ1n) is 9.74. The first kappa shape index (κ1) is 18.3. The van der Waals surface area contributed by atoms with Crippen molar-refractivity contribution in [3.05, 3.63) is 47.8 Å². The van der Waals surface area contributed by atoms with Crippen molar-refractivity contribution in [3.8, 4) is 11.5 Å². The van der Waals surface area contributed by atoms with Gasteiger partial charge in [-0.3, -0.25) is 4.79 Å². The van der Waals surface area contributed by atoms with Gasteiger partial charge in [0.1, 0.15) is 18.9 Å². The van der Waals surface area contributed by atoms with Gasteiger partial charge in [0, 0.05) is 24.5 Å². The molecule has 2 aliphatic rings. The maximum atomic E-state index is 12.4. The van der Waals surface area contributed by atoms with Crippen molar-refractivity contribution in [2.45, 2.75) is 32.1 Å². The van der Waals surface area contributed by atoms with Crippen LogP contribution < -0.4 is 20.1 Å². The molecule has 0 saturated carbocycles. The lowest BCUT2D eigenvalue weighted by Crippen LogP contribution is -2.26. The van der Waals surface area contributed by atoms with Crippen LogP contribution in [0.15, 0.2) is 42.1 Å². The molecular formula is C21H24N4O3. The van der Waals surface area contributed by atoms with Gasteiger partial charge >= 0.3 is 0 Å². The van der Waals surface area contributed by atoms with E-state index in [0.29, 0.717) is 37.2 Å². The molecule has 1 aliphatic carbocycles. The number of amides is 1. The molecule has 7 nitrogen and oxygen atoms in total. The van der Waals surface area contributed by atoms with Crippen molar-refractivity contribution >= 4 is 17.5 Å². The Morgan fingerprint density at radius 2 is 2.00 bits per heavy atom. The van der Waals surface area contributed by atoms with Crippen molar-refractivity contribution in [1.82, 2.24) is 15.3 Å². The van der Waals surface area contributed by atoms with E-state index in [9.17, 15) is 4.79 Å². The Morgan fingerprint density at radius 1 is 1.11 bits per heavy atom. The third-order valence-corrected chi connectivity index (χ3v) is 4.80. The lowest BCUT2D eigenvalue weighted by Gasteiger charge is -2.19. The number of allylic oxidation sites excluding steroid dienone is 1. The molecule has 1 aromatic heterocycles. The van der Waals surface area contributed by atoms with Crippen LogP contribution in [0, 0.1) is 0 Å². The second-order valence-corrected chi connectivity index (χ2v) is 6.86. The van der Waals surface area contributed by atoms with E-state index in [1.54, 1.807) is 12.3 Å². The van der Waals surface area contributed by atoms with Gasteiger partial charge in [-0.1, -0.05) is 11.6 Å². The Labute approximate surface area is 164 Å². The van der Waals surface area contributed by atoms with Crippen LogP contribution in [0.3, 0.4) is 0 Å². The van der Waals surface area contributed by atoms with Gasteiger partial charge in [-0.2, -0.15) is 0 Å². The summed E-state index contributed by atoms with van der Waals surface area (Å²) < 4.78 is 11.1. The minimum atomic E-state index is -0.191. The molecular weight excluding hydrogens is 356 g/mol. The first-order valence-corrected chi connectivity index (χ1v) is 9.74. The summed E-state index contributed by atoms with van der Waals surface area (Å²) in [6.07, 6.45) is 9.61. The summed E-state index contributed by atoms with van der Waals surface area (Å²) in [5.74, 6) is 1.57. The molecule has 0 atom stereocenters. The molecule has 1 aromatic carbocycles. The van der Waals surface area contributed by atoms with Crippen molar-refractivity contribution in [2.75, 3.05) is 25.1 Å². The molecule has 146 valence electrons. The van der Waals surface area contributed by atoms with Crippen LogP contribution >= 0.6 is 0 Å². The van der Waals surface area contributed by atoms with Crippen LogP contribution in [0.1, 0.15) is 42.6 Å². The average molecular weight is 380 g/mol. The number of nitrogens with one attached hydrogen (secondary N) is 2. The average Bonchev–Trinajstić information content (AvgIpc) is 2.74. The monoisotopic (exact) mass is 380 g/mol. The van der Waals surface area contributed by atoms with Gasteiger partial charge in [-0.15, -0.1) is 0 Å². The van der Waals surface area contributed by atoms with E-state index < -0.39 is 0 Å². The van der Waals surface area contributed by atoms with Gasteiger partial charge in [0.2, 0.25) is 5.95 Å². The molecule has 0 spiro atoms. The zero-order chi connectivity index (χ0) is 19.2. The van der Waals surface area contributed by atoms with E-state index in [4.69, 9.17) is 9.47 Å². The van der Waals surface area contributed by atoms with Gasteiger partial charge in [-0.05, 0) is 50.3 Å². The number of benzene rings is 1. The van der Waals surface area contributed by atoms with E-state index in [-0.39, 0.29) is 5.91 Å². The van der Waals surface area contributed by atoms with E-state index in [1.165, 1.54) is 18.4 Å². The molecule has 28 heavy (non-hydrogen) atoms. The highest BCUT2D eigenvalue weighted by molar-refractivity contribution is 5.92. The molecule has 0 bridgehead atoms. The normalized spacial score (nSPS) is 15.5. The molecule has 4 rings (SSSR count). The van der Waals surface area contributed by atoms with Gasteiger partial charge in [0.25, 0.3) is 5.91 Å². The van der Waals surface area contributed by atoms with E-state index in [1.807, 2.05) is 18.2 Å². The lowest BCUT2D eigenvalue weighted by atomic mass is 9.97. The number of fused-ring (bicyclic) bond motifs is 1. The van der Waals surface area contributed by atoms with E-state index >= 15 is 0 Å². The molecule has 7 heteroatoms. The molecule has 0 fully saturated rings. The van der Waals surface area contributed by atoms with Crippen LogP contribution in [-0.4, -0.2) is 35.6 Å². The predicted molar refractivity (Wildman–Crippen MR) is 106 cm³/mol. The van der Waals surface area contributed by atoms with Crippen molar-refractivity contribution in [3.63, 3.8) is 0 Å². The lowest BCUT2D eigenvalue weighted by molar-refractivity contribution is 0.0949. The fraction of sp³-hybridized carbons (Fsp3) is 0.381. The molecule has 1 amide bonds. The molecule has 2 N–H and O–H groups in total. The van der Waals surface area contributed by atoms with Gasteiger partial charge in [0.15, 0.2) is 11.5 Å². The van der Waals surface area contributed by atoms with Gasteiger partial charge in [0.05, 0.1) is 0 Å². The summed E-state index contributed by atoms with van der Waals surface area (Å²) in [4.78, 5) is 20.9. The third-order valence-electron chi connectivity index (χ3n) is 4.80. The van der Waals surface area contributed by atoms with Crippen LogP contribution in [-0.2, 0) is 0 Å². The van der Waals surface area contributed by atoms with Crippen LogP contribution in [0.2, 0.25) is 0 Å². The van der Waals surface area contributed by atoms with Crippen molar-refractivity contribution in [2.24, 2.45) is 0 Å². The highest BCUT2D eigenvalue weighted by Gasteiger charge is 2.13. The fourth-order valence-electron chi connectivity index (χ4n) is 3.35. The summed E-state index contributed by atoms with van der Waals surface area (Å²) in [7, 11) is 0. The Kier molecular flexibility index (Phi) is 5.70. The largest absolute Gasteiger partial charge is 0.486 e. The molecule has 0 radical (unpaired) electrons. The summed E-state index contributed by atoms with van der Waals surface area (Å²) in [5.41, 5.74) is 2.55. The number of aromatic nitrogens is 2. The number of hydrogen-bond donors (Lipinski definition) is 2. The number of ether oxygens (including phenoxy) is 2. The van der Waals surface area contributed by atoms with Crippen molar-refractivity contribution < 1.29 is 14.3 Å². The van der Waals surface area contributed by atoms with E-state index in [2.05, 4.69) is 26.7 Å². The van der Waals surface area contributed by atoms with E-state index in [0.717, 1.165) is 30.7 Å². The van der Waals surface area contributed by atoms with Crippen LogP contribution in [0.5, 0.6) is 11.5 Å².